The summed E-state index contributed by atoms with van der Waals surface area (Å²) in [5.41, 5.74) is 1.22. The maximum Gasteiger partial charge on any atom is 0.134 e. The van der Waals surface area contributed by atoms with Crippen LogP contribution in [0.2, 0.25) is 0 Å². The van der Waals surface area contributed by atoms with E-state index in [0.717, 1.165) is 19.6 Å². The highest BCUT2D eigenvalue weighted by atomic mass is 16.5. The van der Waals surface area contributed by atoms with Gasteiger partial charge in [-0.1, -0.05) is 30.3 Å². The third kappa shape index (κ3) is 1.65. The molecule has 1 N–H and O–H groups in total. The van der Waals surface area contributed by atoms with Gasteiger partial charge in [0.15, 0.2) is 0 Å². The summed E-state index contributed by atoms with van der Waals surface area (Å²) in [5.74, 6) is 0. The molecule has 0 amide bonds. The van der Waals surface area contributed by atoms with Crippen LogP contribution >= 0.6 is 0 Å². The minimum Gasteiger partial charge on any atom is -0.359 e. The van der Waals surface area contributed by atoms with Gasteiger partial charge in [-0.2, -0.15) is 0 Å². The zero-order valence-corrected chi connectivity index (χ0v) is 6.99. The Morgan fingerprint density at radius 1 is 1.25 bits per heavy atom. The molecule has 0 bridgehead atoms. The Morgan fingerprint density at radius 2 is 2.08 bits per heavy atom. The Bertz CT molecular complexity index is 229. The molecule has 1 aliphatic rings. The number of ether oxygens (including phenoxy) is 1. The smallest absolute Gasteiger partial charge is 0.134 e. The molecule has 1 aliphatic heterocycles. The van der Waals surface area contributed by atoms with Crippen LogP contribution in [-0.2, 0) is 4.74 Å². The standard InChI is InChI=1S/C10H13NO/c1-2-5-9(6-3-1)10-11-7-4-8-12-10/h1-3,5-6,10-11H,4,7-8H2/t10-/m1/s1. The van der Waals surface area contributed by atoms with Crippen molar-refractivity contribution in [1.29, 1.82) is 0 Å². The van der Waals surface area contributed by atoms with Crippen molar-refractivity contribution in [3.63, 3.8) is 0 Å². The maximum atomic E-state index is 5.55. The fraction of sp³-hybridized carbons (Fsp3) is 0.400. The lowest BCUT2D eigenvalue weighted by atomic mass is 10.2. The molecule has 2 rings (SSSR count). The van der Waals surface area contributed by atoms with Gasteiger partial charge >= 0.3 is 0 Å². The van der Waals surface area contributed by atoms with Gasteiger partial charge in [0.2, 0.25) is 0 Å². The fourth-order valence-electron chi connectivity index (χ4n) is 1.41. The van der Waals surface area contributed by atoms with E-state index in [1.54, 1.807) is 0 Å². The van der Waals surface area contributed by atoms with E-state index >= 15 is 0 Å². The van der Waals surface area contributed by atoms with E-state index in [2.05, 4.69) is 17.4 Å². The summed E-state index contributed by atoms with van der Waals surface area (Å²) in [4.78, 5) is 0. The van der Waals surface area contributed by atoms with Crippen molar-refractivity contribution >= 4 is 0 Å². The number of hydrogen-bond acceptors (Lipinski definition) is 2. The predicted octanol–water partition coefficient (Wildman–Crippen LogP) is 1.70. The van der Waals surface area contributed by atoms with Crippen LogP contribution in [0.3, 0.4) is 0 Å². The van der Waals surface area contributed by atoms with Crippen molar-refractivity contribution in [2.24, 2.45) is 0 Å². The molecule has 2 nitrogen and oxygen atoms in total. The van der Waals surface area contributed by atoms with Gasteiger partial charge in [-0.3, -0.25) is 5.32 Å². The number of benzene rings is 1. The molecule has 1 atom stereocenters. The molecule has 2 heteroatoms. The molecule has 64 valence electrons. The summed E-state index contributed by atoms with van der Waals surface area (Å²) in [7, 11) is 0. The van der Waals surface area contributed by atoms with Crippen LogP contribution < -0.4 is 5.32 Å². The number of nitrogens with one attached hydrogen (secondary N) is 1. The quantitative estimate of drug-likeness (QED) is 0.680. The van der Waals surface area contributed by atoms with Gasteiger partial charge in [0.25, 0.3) is 0 Å². The molecule has 1 aromatic rings. The molecule has 0 unspecified atom stereocenters. The summed E-state index contributed by atoms with van der Waals surface area (Å²) in [6.45, 7) is 1.92. The minimum absolute atomic E-state index is 0.111. The zero-order chi connectivity index (χ0) is 8.23. The highest BCUT2D eigenvalue weighted by Gasteiger charge is 2.13. The first-order valence-electron chi connectivity index (χ1n) is 4.37. The molecule has 0 spiro atoms. The molecule has 1 saturated heterocycles. The van der Waals surface area contributed by atoms with Gasteiger partial charge in [0, 0.05) is 6.54 Å². The average Bonchev–Trinajstić information content (AvgIpc) is 2.21. The van der Waals surface area contributed by atoms with Crippen molar-refractivity contribution in [1.82, 2.24) is 5.32 Å². The minimum atomic E-state index is 0.111. The van der Waals surface area contributed by atoms with E-state index in [-0.39, 0.29) is 6.23 Å². The SMILES string of the molecule is c1ccc([C@@H]2NCCCO2)cc1. The lowest BCUT2D eigenvalue weighted by Crippen LogP contribution is -2.30. The highest BCUT2D eigenvalue weighted by molar-refractivity contribution is 5.17. The summed E-state index contributed by atoms with van der Waals surface area (Å²) < 4.78 is 5.55. The topological polar surface area (TPSA) is 21.3 Å². The molecule has 0 radical (unpaired) electrons. The van der Waals surface area contributed by atoms with E-state index < -0.39 is 0 Å². The fourth-order valence-corrected chi connectivity index (χ4v) is 1.41. The van der Waals surface area contributed by atoms with Crippen molar-refractivity contribution in [3.05, 3.63) is 35.9 Å². The van der Waals surface area contributed by atoms with Crippen LogP contribution in [-0.4, -0.2) is 13.2 Å². The summed E-state index contributed by atoms with van der Waals surface area (Å²) in [5, 5.41) is 3.31. The van der Waals surface area contributed by atoms with Crippen molar-refractivity contribution in [2.75, 3.05) is 13.2 Å². The Hall–Kier alpha value is -0.860. The van der Waals surface area contributed by atoms with Crippen LogP contribution in [0.25, 0.3) is 0 Å². The van der Waals surface area contributed by atoms with Crippen molar-refractivity contribution in [3.8, 4) is 0 Å². The second-order valence-electron chi connectivity index (χ2n) is 2.97. The molecule has 12 heavy (non-hydrogen) atoms. The van der Waals surface area contributed by atoms with Crippen LogP contribution in [0.1, 0.15) is 18.2 Å². The largest absolute Gasteiger partial charge is 0.359 e. The van der Waals surface area contributed by atoms with Gasteiger partial charge in [0.1, 0.15) is 6.23 Å². The molecule has 0 saturated carbocycles. The van der Waals surface area contributed by atoms with E-state index in [0.29, 0.717) is 0 Å². The van der Waals surface area contributed by atoms with Gasteiger partial charge in [-0.05, 0) is 12.0 Å². The van der Waals surface area contributed by atoms with E-state index in [1.165, 1.54) is 5.56 Å². The Balaban J connectivity index is 2.08. The second-order valence-corrected chi connectivity index (χ2v) is 2.97. The monoisotopic (exact) mass is 163 g/mol. The van der Waals surface area contributed by atoms with Gasteiger partial charge in [-0.15, -0.1) is 0 Å². The normalized spacial score (nSPS) is 23.8. The highest BCUT2D eigenvalue weighted by Crippen LogP contribution is 2.16. The summed E-state index contributed by atoms with van der Waals surface area (Å²) in [6, 6.07) is 10.3. The number of hydrogen-bond donors (Lipinski definition) is 1. The third-order valence-corrected chi connectivity index (χ3v) is 2.04. The molecule has 0 aromatic heterocycles. The van der Waals surface area contributed by atoms with Crippen LogP contribution in [0.15, 0.2) is 30.3 Å². The van der Waals surface area contributed by atoms with Crippen molar-refractivity contribution in [2.45, 2.75) is 12.6 Å². The van der Waals surface area contributed by atoms with Crippen LogP contribution in [0.4, 0.5) is 0 Å². The lowest BCUT2D eigenvalue weighted by Gasteiger charge is -2.24. The molecule has 1 heterocycles. The summed E-state index contributed by atoms with van der Waals surface area (Å²) in [6.07, 6.45) is 1.23. The maximum absolute atomic E-state index is 5.55. The first-order chi connectivity index (χ1) is 5.97. The van der Waals surface area contributed by atoms with Crippen LogP contribution in [0, 0.1) is 0 Å². The van der Waals surface area contributed by atoms with Gasteiger partial charge in [-0.25, -0.2) is 0 Å². The van der Waals surface area contributed by atoms with Crippen molar-refractivity contribution < 1.29 is 4.74 Å². The Kier molecular flexibility index (Phi) is 2.39. The van der Waals surface area contributed by atoms with E-state index in [4.69, 9.17) is 4.74 Å². The molecular weight excluding hydrogens is 150 g/mol. The average molecular weight is 163 g/mol. The third-order valence-electron chi connectivity index (χ3n) is 2.04. The number of rotatable bonds is 1. The zero-order valence-electron chi connectivity index (χ0n) is 6.99. The van der Waals surface area contributed by atoms with Gasteiger partial charge in [0.05, 0.1) is 6.61 Å². The molecular formula is C10H13NO. The first kappa shape index (κ1) is 7.77. The van der Waals surface area contributed by atoms with E-state index in [9.17, 15) is 0 Å². The van der Waals surface area contributed by atoms with Gasteiger partial charge < -0.3 is 4.74 Å². The first-order valence-corrected chi connectivity index (χ1v) is 4.37. The van der Waals surface area contributed by atoms with Crippen LogP contribution in [0.5, 0.6) is 0 Å². The van der Waals surface area contributed by atoms with E-state index in [1.807, 2.05) is 18.2 Å². The Labute approximate surface area is 72.5 Å². The Morgan fingerprint density at radius 3 is 2.75 bits per heavy atom. The molecule has 1 fully saturated rings. The predicted molar refractivity (Wildman–Crippen MR) is 47.8 cm³/mol. The lowest BCUT2D eigenvalue weighted by molar-refractivity contribution is -0.000310. The molecule has 1 aromatic carbocycles. The second kappa shape index (κ2) is 3.70. The summed E-state index contributed by atoms with van der Waals surface area (Å²) >= 11 is 0. The molecule has 0 aliphatic carbocycles.